The van der Waals surface area contributed by atoms with E-state index in [-0.39, 0.29) is 0 Å². The number of fused-ring (bicyclic) bond motifs is 11. The summed E-state index contributed by atoms with van der Waals surface area (Å²) < 4.78 is 11.6. The molecule has 0 saturated heterocycles. The highest BCUT2D eigenvalue weighted by atomic mass is 32.1. The first-order valence-electron chi connectivity index (χ1n) is 25.0. The summed E-state index contributed by atoms with van der Waals surface area (Å²) in [5.74, 6) is 0. The van der Waals surface area contributed by atoms with Crippen LogP contribution in [0.2, 0.25) is 0 Å². The van der Waals surface area contributed by atoms with Gasteiger partial charge >= 0.3 is 0 Å². The second-order valence-corrected chi connectivity index (χ2v) is 20.3. The monoisotopic (exact) mass is 945 g/mol. The van der Waals surface area contributed by atoms with Gasteiger partial charge in [-0.1, -0.05) is 176 Å². The highest BCUT2D eigenvalue weighted by Crippen LogP contribution is 2.47. The molecule has 15 aromatic rings. The summed E-state index contributed by atoms with van der Waals surface area (Å²) in [6, 6.07) is 95.8. The maximum atomic E-state index is 6.54. The fraction of sp³-hybridized carbons (Fsp3) is 0. The molecule has 0 N–H and O–H groups in total. The molecule has 2 nitrogen and oxygen atoms in total. The molecule has 0 amide bonds. The van der Waals surface area contributed by atoms with Crippen LogP contribution in [0.1, 0.15) is 0 Å². The molecule has 15 rings (SSSR count). The summed E-state index contributed by atoms with van der Waals surface area (Å²) in [4.78, 5) is 0. The van der Waals surface area contributed by atoms with E-state index in [9.17, 15) is 0 Å². The van der Waals surface area contributed by atoms with E-state index in [0.717, 1.165) is 61.0 Å². The first-order chi connectivity index (χ1) is 36.2. The predicted octanol–water partition coefficient (Wildman–Crippen LogP) is 20.2. The van der Waals surface area contributed by atoms with Gasteiger partial charge in [-0.25, -0.2) is 0 Å². The zero-order valence-corrected chi connectivity index (χ0v) is 40.4. The van der Waals surface area contributed by atoms with Crippen molar-refractivity contribution in [1.29, 1.82) is 0 Å². The Morgan fingerprint density at radius 2 is 0.808 bits per heavy atom. The highest BCUT2D eigenvalue weighted by molar-refractivity contribution is 7.25. The molecule has 73 heavy (non-hydrogen) atoms. The van der Waals surface area contributed by atoms with Crippen LogP contribution < -0.4 is 0 Å². The lowest BCUT2D eigenvalue weighted by Crippen LogP contribution is -1.95. The number of furan rings is 1. The standard InChI is InChI=1S/C70H43NOS/c1-4-15-44(16-5-1)48-22-14-23-54(37-48)71-63-32-27-49(50-31-36-68-61(40-50)56-25-12-13-26-67(56)73-68)38-59(63)60-39-51(28-33-64(60)71)53-42-57(45-17-6-2-7-18-45)69(58(43-53)46-19-8-3-9-20-46)52-30-34-65-62(41-52)70-55-24-11-10-21-47(55)29-35-66(70)72-65/h1-43H. The van der Waals surface area contributed by atoms with Crippen LogP contribution in [-0.4, -0.2) is 4.57 Å². The van der Waals surface area contributed by atoms with Gasteiger partial charge in [-0.05, 0) is 162 Å². The van der Waals surface area contributed by atoms with Crippen molar-refractivity contribution in [3.05, 3.63) is 261 Å². The maximum absolute atomic E-state index is 6.54. The van der Waals surface area contributed by atoms with Gasteiger partial charge in [0.1, 0.15) is 11.2 Å². The third-order valence-corrected chi connectivity index (χ3v) is 16.1. The Kier molecular flexibility index (Phi) is 9.48. The summed E-state index contributed by atoms with van der Waals surface area (Å²) in [6.45, 7) is 0. The number of rotatable bonds is 7. The average Bonchev–Trinajstić information content (AvgIpc) is 4.16. The SMILES string of the molecule is c1ccc(-c2cccc(-n3c4ccc(-c5cc(-c6ccccc6)c(-c6ccc7oc8ccc9ccccc9c8c7c6)c(-c6ccccc6)c5)cc4c4cc(-c5ccc6sc7ccccc7c6c5)ccc43)c2)cc1. The number of thiophene rings is 1. The summed E-state index contributed by atoms with van der Waals surface area (Å²) in [7, 11) is 0. The third kappa shape index (κ3) is 6.85. The summed E-state index contributed by atoms with van der Waals surface area (Å²) >= 11 is 1.86. The van der Waals surface area contributed by atoms with Crippen molar-refractivity contribution in [2.45, 2.75) is 0 Å². The number of hydrogen-bond acceptors (Lipinski definition) is 2. The van der Waals surface area contributed by atoms with Gasteiger partial charge in [0.2, 0.25) is 0 Å². The van der Waals surface area contributed by atoms with Gasteiger partial charge < -0.3 is 8.98 Å². The Morgan fingerprint density at radius 1 is 0.288 bits per heavy atom. The van der Waals surface area contributed by atoms with Gasteiger partial charge in [0.05, 0.1) is 11.0 Å². The molecule has 0 aliphatic rings. The van der Waals surface area contributed by atoms with Gasteiger partial charge in [-0.3, -0.25) is 0 Å². The second kappa shape index (κ2) is 16.7. The smallest absolute Gasteiger partial charge is 0.136 e. The molecule has 3 heteroatoms. The van der Waals surface area contributed by atoms with Crippen LogP contribution in [0.3, 0.4) is 0 Å². The Bertz CT molecular complexity index is 4590. The van der Waals surface area contributed by atoms with Crippen LogP contribution in [-0.2, 0) is 0 Å². The van der Waals surface area contributed by atoms with Gasteiger partial charge in [0, 0.05) is 47.4 Å². The second-order valence-electron chi connectivity index (χ2n) is 19.2. The molecule has 0 saturated carbocycles. The van der Waals surface area contributed by atoms with Crippen molar-refractivity contribution in [1.82, 2.24) is 4.57 Å². The van der Waals surface area contributed by atoms with Gasteiger partial charge in [0.25, 0.3) is 0 Å². The van der Waals surface area contributed by atoms with E-state index in [0.29, 0.717) is 0 Å². The molecule has 0 bridgehead atoms. The van der Waals surface area contributed by atoms with Crippen LogP contribution in [0.5, 0.6) is 0 Å². The van der Waals surface area contributed by atoms with Crippen molar-refractivity contribution in [3.63, 3.8) is 0 Å². The molecular weight excluding hydrogens is 903 g/mol. The van der Waals surface area contributed by atoms with Crippen LogP contribution >= 0.6 is 11.3 Å². The molecule has 0 atom stereocenters. The summed E-state index contributed by atoms with van der Waals surface area (Å²) in [5.41, 5.74) is 19.4. The minimum Gasteiger partial charge on any atom is -0.456 e. The summed E-state index contributed by atoms with van der Waals surface area (Å²) in [6.07, 6.45) is 0. The number of hydrogen-bond donors (Lipinski definition) is 0. The van der Waals surface area contributed by atoms with Crippen LogP contribution in [0.25, 0.3) is 147 Å². The van der Waals surface area contributed by atoms with Crippen molar-refractivity contribution >= 4 is 86.0 Å². The first-order valence-corrected chi connectivity index (χ1v) is 25.8. The molecule has 0 fully saturated rings. The Morgan fingerprint density at radius 3 is 1.52 bits per heavy atom. The number of aromatic nitrogens is 1. The van der Waals surface area contributed by atoms with Crippen molar-refractivity contribution in [2.24, 2.45) is 0 Å². The molecule has 3 aromatic heterocycles. The van der Waals surface area contributed by atoms with E-state index < -0.39 is 0 Å². The van der Waals surface area contributed by atoms with E-state index in [4.69, 9.17) is 4.42 Å². The van der Waals surface area contributed by atoms with E-state index >= 15 is 0 Å². The zero-order chi connectivity index (χ0) is 48.0. The van der Waals surface area contributed by atoms with Crippen molar-refractivity contribution in [3.8, 4) is 72.4 Å². The number of nitrogens with zero attached hydrogens (tertiary/aromatic N) is 1. The Hall–Kier alpha value is -9.28. The summed E-state index contributed by atoms with van der Waals surface area (Å²) in [5, 5.41) is 9.70. The molecular formula is C70H43NOS. The van der Waals surface area contributed by atoms with Gasteiger partial charge in [0.15, 0.2) is 0 Å². The lowest BCUT2D eigenvalue weighted by atomic mass is 9.84. The van der Waals surface area contributed by atoms with E-state index in [2.05, 4.69) is 265 Å². The Labute approximate surface area is 425 Å². The Balaban J connectivity index is 0.968. The van der Waals surface area contributed by atoms with E-state index in [1.807, 2.05) is 11.3 Å². The van der Waals surface area contributed by atoms with Crippen molar-refractivity contribution < 1.29 is 4.42 Å². The molecule has 3 heterocycles. The molecule has 12 aromatic carbocycles. The van der Waals surface area contributed by atoms with Crippen LogP contribution in [0.4, 0.5) is 0 Å². The highest BCUT2D eigenvalue weighted by Gasteiger charge is 2.21. The minimum atomic E-state index is 0.886. The molecule has 0 unspecified atom stereocenters. The van der Waals surface area contributed by atoms with Crippen LogP contribution in [0, 0.1) is 0 Å². The normalized spacial score (nSPS) is 11.8. The third-order valence-electron chi connectivity index (χ3n) is 15.0. The van der Waals surface area contributed by atoms with Gasteiger partial charge in [-0.2, -0.15) is 0 Å². The average molecular weight is 946 g/mol. The largest absolute Gasteiger partial charge is 0.456 e. The van der Waals surface area contributed by atoms with Crippen molar-refractivity contribution in [2.75, 3.05) is 0 Å². The first kappa shape index (κ1) is 41.5. The van der Waals surface area contributed by atoms with Gasteiger partial charge in [-0.15, -0.1) is 11.3 Å². The van der Waals surface area contributed by atoms with E-state index in [1.54, 1.807) is 0 Å². The zero-order valence-electron chi connectivity index (χ0n) is 39.6. The van der Waals surface area contributed by atoms with Crippen LogP contribution in [0.15, 0.2) is 265 Å². The molecule has 0 radical (unpaired) electrons. The fourth-order valence-electron chi connectivity index (χ4n) is 11.5. The quantitative estimate of drug-likeness (QED) is 0.156. The number of benzene rings is 12. The molecule has 0 spiro atoms. The minimum absolute atomic E-state index is 0.886. The molecule has 0 aliphatic carbocycles. The fourth-order valence-corrected chi connectivity index (χ4v) is 12.6. The molecule has 340 valence electrons. The lowest BCUT2D eigenvalue weighted by Gasteiger charge is -2.19. The maximum Gasteiger partial charge on any atom is 0.136 e. The van der Waals surface area contributed by atoms with E-state index in [1.165, 1.54) is 86.2 Å². The molecule has 0 aliphatic heterocycles. The lowest BCUT2D eigenvalue weighted by molar-refractivity contribution is 0.669. The topological polar surface area (TPSA) is 18.1 Å². The predicted molar refractivity (Wildman–Crippen MR) is 311 cm³/mol.